The van der Waals surface area contributed by atoms with Crippen LogP contribution in [0.2, 0.25) is 0 Å². The summed E-state index contributed by atoms with van der Waals surface area (Å²) in [5.41, 5.74) is 2.13. The summed E-state index contributed by atoms with van der Waals surface area (Å²) in [6, 6.07) is 0. The molecule has 0 bridgehead atoms. The Hall–Kier alpha value is -1.16. The van der Waals surface area contributed by atoms with E-state index < -0.39 is 0 Å². The van der Waals surface area contributed by atoms with Crippen molar-refractivity contribution in [2.24, 2.45) is 0 Å². The average Bonchev–Trinajstić information content (AvgIpc) is 1.62. The Kier molecular flexibility index (Phi) is 1.82. The van der Waals surface area contributed by atoms with Crippen LogP contribution in [-0.2, 0) is 14.4 Å². The van der Waals surface area contributed by atoms with Crippen LogP contribution in [0.15, 0.2) is 25.0 Å². The molecule has 0 aromatic rings. The smallest absolute Gasteiger partial charge is 0.150 e. The summed E-state index contributed by atoms with van der Waals surface area (Å²) in [6.45, 7) is 0. The van der Waals surface area contributed by atoms with Gasteiger partial charge in [-0.05, 0) is 0 Å². The lowest BCUT2D eigenvalue weighted by atomic mass is 11.0. The highest BCUT2D eigenvalue weighted by Crippen LogP contribution is 1.84. The molecule has 0 unspecified atom stereocenters. The zero-order valence-electron chi connectivity index (χ0n) is 4.03. The fourth-order valence-corrected chi connectivity index (χ4v) is 0.248. The maximum absolute atomic E-state index is 4.62. The van der Waals surface area contributed by atoms with Crippen LogP contribution >= 0.6 is 0 Å². The highest BCUT2D eigenvalue weighted by atomic mass is 16.9. The predicted octanol–water partition coefficient (Wildman–Crippen LogP) is 0.412. The molecule has 0 saturated carbocycles. The van der Waals surface area contributed by atoms with E-state index in [1.54, 1.807) is 0 Å². The summed E-state index contributed by atoms with van der Waals surface area (Å²) in [6.07, 6.45) is 5.35. The zero-order valence-corrected chi connectivity index (χ0v) is 4.03. The van der Waals surface area contributed by atoms with Crippen molar-refractivity contribution in [3.8, 4) is 0 Å². The second kappa shape index (κ2) is 2.92. The zero-order chi connectivity index (χ0) is 5.66. The first-order chi connectivity index (χ1) is 4.00. The Balaban J connectivity index is 2.31. The minimum Gasteiger partial charge on any atom is -0.466 e. The van der Waals surface area contributed by atoms with Gasteiger partial charge >= 0.3 is 0 Å². The molecule has 1 heterocycles. The van der Waals surface area contributed by atoms with E-state index in [1.807, 2.05) is 0 Å². The molecule has 44 valence electrons. The third-order valence-electron chi connectivity index (χ3n) is 0.501. The van der Waals surface area contributed by atoms with Gasteiger partial charge in [0.2, 0.25) is 0 Å². The highest BCUT2D eigenvalue weighted by molar-refractivity contribution is 4.69. The van der Waals surface area contributed by atoms with Gasteiger partial charge in [-0.2, -0.15) is 0 Å². The minimum absolute atomic E-state index is 1.31. The Morgan fingerprint density at radius 2 is 1.50 bits per heavy atom. The molecule has 0 radical (unpaired) electrons. The van der Waals surface area contributed by atoms with Crippen molar-refractivity contribution in [1.82, 2.24) is 5.64 Å². The number of ether oxygens (including phenoxy) is 1. The summed E-state index contributed by atoms with van der Waals surface area (Å²) in [7, 11) is 0. The summed E-state index contributed by atoms with van der Waals surface area (Å²) >= 11 is 0. The molecule has 4 nitrogen and oxygen atoms in total. The van der Waals surface area contributed by atoms with Crippen LogP contribution in [0.25, 0.3) is 0 Å². The molecule has 8 heavy (non-hydrogen) atoms. The highest BCUT2D eigenvalue weighted by Gasteiger charge is 1.79. The van der Waals surface area contributed by atoms with Crippen molar-refractivity contribution in [1.29, 1.82) is 0 Å². The molecule has 0 amide bonds. The Morgan fingerprint density at radius 3 is 2.12 bits per heavy atom. The topological polar surface area (TPSA) is 39.7 Å². The standard InChI is InChI=1S/C4H5NO3/c1-3-7-5-8-4-2-6-1/h1-5H/b3-1-,4-2-. The SMILES string of the molecule is C1=C\ONO/C=C\O/1. The van der Waals surface area contributed by atoms with E-state index in [1.165, 1.54) is 25.0 Å². The van der Waals surface area contributed by atoms with Crippen molar-refractivity contribution in [3.05, 3.63) is 25.0 Å². The first kappa shape index (κ1) is 4.99. The van der Waals surface area contributed by atoms with Crippen molar-refractivity contribution < 1.29 is 14.4 Å². The largest absolute Gasteiger partial charge is 0.466 e. The molecule has 1 N–H and O–H groups in total. The van der Waals surface area contributed by atoms with Crippen LogP contribution in [0.4, 0.5) is 0 Å². The summed E-state index contributed by atoms with van der Waals surface area (Å²) < 4.78 is 4.62. The van der Waals surface area contributed by atoms with Gasteiger partial charge in [-0.3, -0.25) is 0 Å². The first-order valence-corrected chi connectivity index (χ1v) is 2.02. The van der Waals surface area contributed by atoms with Gasteiger partial charge in [0.15, 0.2) is 12.5 Å². The van der Waals surface area contributed by atoms with Gasteiger partial charge in [-0.1, -0.05) is 0 Å². The van der Waals surface area contributed by atoms with Crippen molar-refractivity contribution in [2.75, 3.05) is 0 Å². The Labute approximate surface area is 46.2 Å². The number of hydrogen-bond acceptors (Lipinski definition) is 4. The molecule has 0 fully saturated rings. The van der Waals surface area contributed by atoms with Gasteiger partial charge in [-0.15, -0.1) is 0 Å². The normalized spacial score (nSPS) is 25.0. The van der Waals surface area contributed by atoms with Crippen LogP contribution in [0.5, 0.6) is 0 Å². The maximum atomic E-state index is 4.62. The molecule has 0 spiro atoms. The predicted molar refractivity (Wildman–Crippen MR) is 24.7 cm³/mol. The Morgan fingerprint density at radius 1 is 0.875 bits per heavy atom. The van der Waals surface area contributed by atoms with Crippen molar-refractivity contribution >= 4 is 0 Å². The van der Waals surface area contributed by atoms with E-state index in [4.69, 9.17) is 0 Å². The number of hydrogen-bond donors (Lipinski definition) is 1. The summed E-state index contributed by atoms with van der Waals surface area (Å²) in [5.74, 6) is 0. The van der Waals surface area contributed by atoms with Crippen LogP contribution in [0.3, 0.4) is 0 Å². The van der Waals surface area contributed by atoms with Crippen LogP contribution in [-0.4, -0.2) is 0 Å². The maximum Gasteiger partial charge on any atom is 0.150 e. The van der Waals surface area contributed by atoms with Crippen molar-refractivity contribution in [3.63, 3.8) is 0 Å². The second-order valence-corrected chi connectivity index (χ2v) is 0.999. The molecule has 0 atom stereocenters. The number of rotatable bonds is 0. The minimum atomic E-state index is 1.31. The molecule has 0 aromatic carbocycles. The fraction of sp³-hybridized carbons (Fsp3) is 0. The number of nitrogens with one attached hydrogen (secondary N) is 1. The van der Waals surface area contributed by atoms with Gasteiger partial charge in [0.1, 0.15) is 12.5 Å². The monoisotopic (exact) mass is 115 g/mol. The van der Waals surface area contributed by atoms with Gasteiger partial charge in [0.05, 0.1) is 0 Å². The van der Waals surface area contributed by atoms with Gasteiger partial charge < -0.3 is 14.4 Å². The second-order valence-electron chi connectivity index (χ2n) is 0.999. The molecular formula is C4H5NO3. The van der Waals surface area contributed by atoms with E-state index in [2.05, 4.69) is 20.1 Å². The average molecular weight is 115 g/mol. The molecule has 0 aromatic heterocycles. The third-order valence-corrected chi connectivity index (χ3v) is 0.501. The molecular weight excluding hydrogens is 110 g/mol. The fourth-order valence-electron chi connectivity index (χ4n) is 0.248. The molecule has 4 heteroatoms. The van der Waals surface area contributed by atoms with Crippen LogP contribution in [0, 0.1) is 0 Å². The first-order valence-electron chi connectivity index (χ1n) is 2.02. The van der Waals surface area contributed by atoms with E-state index >= 15 is 0 Å². The lowest BCUT2D eigenvalue weighted by molar-refractivity contribution is -0.0947. The quantitative estimate of drug-likeness (QED) is 0.496. The summed E-state index contributed by atoms with van der Waals surface area (Å²) in [4.78, 5) is 8.89. The molecule has 1 rings (SSSR count). The molecule has 0 aliphatic carbocycles. The Bertz CT molecular complexity index is 97.9. The lowest BCUT2D eigenvalue weighted by Crippen LogP contribution is -2.08. The van der Waals surface area contributed by atoms with Gasteiger partial charge in [0, 0.05) is 5.64 Å². The third kappa shape index (κ3) is 1.53. The van der Waals surface area contributed by atoms with E-state index in [9.17, 15) is 0 Å². The van der Waals surface area contributed by atoms with E-state index in [0.29, 0.717) is 0 Å². The van der Waals surface area contributed by atoms with Gasteiger partial charge in [0.25, 0.3) is 0 Å². The van der Waals surface area contributed by atoms with Gasteiger partial charge in [-0.25, -0.2) is 0 Å². The van der Waals surface area contributed by atoms with Crippen LogP contribution in [0.1, 0.15) is 0 Å². The molecule has 1 aliphatic heterocycles. The van der Waals surface area contributed by atoms with Crippen LogP contribution < -0.4 is 5.64 Å². The van der Waals surface area contributed by atoms with E-state index in [-0.39, 0.29) is 0 Å². The molecule has 0 saturated heterocycles. The summed E-state index contributed by atoms with van der Waals surface area (Å²) in [5, 5.41) is 0. The van der Waals surface area contributed by atoms with Crippen molar-refractivity contribution in [2.45, 2.75) is 0 Å². The van der Waals surface area contributed by atoms with E-state index in [0.717, 1.165) is 0 Å². The molecule has 1 aliphatic rings. The lowest BCUT2D eigenvalue weighted by Gasteiger charge is -2.01.